The smallest absolute Gasteiger partial charge is 0.336 e. The fraction of sp³-hybridized carbons (Fsp3) is 0.571. The van der Waals surface area contributed by atoms with Crippen molar-refractivity contribution in [2.75, 3.05) is 0 Å². The highest BCUT2D eigenvalue weighted by molar-refractivity contribution is 6.04. The highest BCUT2D eigenvalue weighted by Crippen LogP contribution is 2.52. The van der Waals surface area contributed by atoms with E-state index in [1.165, 1.54) is 25.3 Å². The molecule has 1 amide bonds. The van der Waals surface area contributed by atoms with Gasteiger partial charge >= 0.3 is 5.97 Å². The van der Waals surface area contributed by atoms with Gasteiger partial charge in [0.15, 0.2) is 0 Å². The molecule has 0 bridgehead atoms. The molecule has 3 saturated carbocycles. The van der Waals surface area contributed by atoms with Crippen LogP contribution < -0.4 is 5.32 Å². The Hall–Kier alpha value is -2.17. The van der Waals surface area contributed by atoms with Gasteiger partial charge in [-0.2, -0.15) is 0 Å². The van der Waals surface area contributed by atoms with Gasteiger partial charge in [-0.15, -0.1) is 0 Å². The maximum Gasteiger partial charge on any atom is 0.336 e. The lowest BCUT2D eigenvalue weighted by Crippen LogP contribution is -2.42. The Morgan fingerprint density at radius 3 is 2.38 bits per heavy atom. The van der Waals surface area contributed by atoms with Gasteiger partial charge in [0.25, 0.3) is 5.91 Å². The van der Waals surface area contributed by atoms with E-state index in [2.05, 4.69) is 5.32 Å². The van der Waals surface area contributed by atoms with Crippen molar-refractivity contribution >= 4 is 17.7 Å². The van der Waals surface area contributed by atoms with E-state index in [1.54, 1.807) is 18.2 Å². The third kappa shape index (κ3) is 2.93. The second kappa shape index (κ2) is 6.86. The zero-order valence-corrected chi connectivity index (χ0v) is 14.8. The van der Waals surface area contributed by atoms with Crippen molar-refractivity contribution in [2.24, 2.45) is 23.7 Å². The number of amides is 1. The van der Waals surface area contributed by atoms with Crippen LogP contribution in [-0.4, -0.2) is 28.8 Å². The zero-order valence-electron chi connectivity index (χ0n) is 14.8. The molecule has 5 heteroatoms. The van der Waals surface area contributed by atoms with Gasteiger partial charge in [0.2, 0.25) is 0 Å². The number of fused-ring (bicyclic) bond motifs is 3. The summed E-state index contributed by atoms with van der Waals surface area (Å²) in [6.45, 7) is 0. The summed E-state index contributed by atoms with van der Waals surface area (Å²) >= 11 is 0. The summed E-state index contributed by atoms with van der Waals surface area (Å²) in [5, 5.41) is 12.3. The number of hydrogen-bond acceptors (Lipinski definition) is 3. The SMILES string of the molecule is O=C(O)c1ccccc1C(=O)NC1CCC2C(C1)C(=O)C1CCCCC12. The predicted octanol–water partition coefficient (Wildman–Crippen LogP) is 3.29. The molecule has 3 fully saturated rings. The first-order chi connectivity index (χ1) is 12.6. The minimum atomic E-state index is -1.10. The highest BCUT2D eigenvalue weighted by atomic mass is 16.4. The molecule has 138 valence electrons. The first-order valence-corrected chi connectivity index (χ1v) is 9.73. The molecule has 5 nitrogen and oxygen atoms in total. The Morgan fingerprint density at radius 2 is 1.62 bits per heavy atom. The average Bonchev–Trinajstić information content (AvgIpc) is 2.94. The summed E-state index contributed by atoms with van der Waals surface area (Å²) in [6, 6.07) is 6.22. The molecule has 5 unspecified atom stereocenters. The van der Waals surface area contributed by atoms with E-state index in [9.17, 15) is 19.5 Å². The van der Waals surface area contributed by atoms with Crippen LogP contribution in [0.25, 0.3) is 0 Å². The number of carbonyl (C=O) groups excluding carboxylic acids is 2. The van der Waals surface area contributed by atoms with E-state index in [4.69, 9.17) is 0 Å². The molecular formula is C21H25NO4. The van der Waals surface area contributed by atoms with E-state index < -0.39 is 5.97 Å². The summed E-state index contributed by atoms with van der Waals surface area (Å²) in [5.41, 5.74) is 0.204. The van der Waals surface area contributed by atoms with E-state index >= 15 is 0 Å². The first kappa shape index (κ1) is 17.3. The number of carboxylic acids is 1. The van der Waals surface area contributed by atoms with Gasteiger partial charge in [0.1, 0.15) is 5.78 Å². The van der Waals surface area contributed by atoms with Crippen molar-refractivity contribution in [3.63, 3.8) is 0 Å². The summed E-state index contributed by atoms with van der Waals surface area (Å²) in [4.78, 5) is 36.8. The van der Waals surface area contributed by atoms with Gasteiger partial charge in [-0.1, -0.05) is 25.0 Å². The van der Waals surface area contributed by atoms with Crippen LogP contribution in [0.1, 0.15) is 65.7 Å². The molecule has 0 saturated heterocycles. The number of ketones is 1. The number of nitrogens with one attached hydrogen (secondary N) is 1. The molecule has 3 aliphatic carbocycles. The molecule has 0 spiro atoms. The second-order valence-corrected chi connectivity index (χ2v) is 8.06. The lowest BCUT2D eigenvalue weighted by molar-refractivity contribution is -0.125. The van der Waals surface area contributed by atoms with Gasteiger partial charge in [0, 0.05) is 17.9 Å². The largest absolute Gasteiger partial charge is 0.478 e. The third-order valence-electron chi connectivity index (χ3n) is 6.74. The number of benzene rings is 1. The van der Waals surface area contributed by atoms with Crippen molar-refractivity contribution in [2.45, 2.75) is 51.0 Å². The molecule has 1 aromatic carbocycles. The van der Waals surface area contributed by atoms with Gasteiger partial charge < -0.3 is 10.4 Å². The van der Waals surface area contributed by atoms with E-state index in [0.717, 1.165) is 19.3 Å². The zero-order chi connectivity index (χ0) is 18.3. The molecule has 0 radical (unpaired) electrons. The topological polar surface area (TPSA) is 83.5 Å². The molecule has 4 rings (SSSR count). The molecule has 2 N–H and O–H groups in total. The number of hydrogen-bond donors (Lipinski definition) is 2. The number of rotatable bonds is 3. The minimum absolute atomic E-state index is 0.0154. The molecule has 0 heterocycles. The fourth-order valence-electron chi connectivity index (χ4n) is 5.60. The van der Waals surface area contributed by atoms with Crippen LogP contribution in [0.3, 0.4) is 0 Å². The van der Waals surface area contributed by atoms with Crippen molar-refractivity contribution in [3.05, 3.63) is 35.4 Å². The minimum Gasteiger partial charge on any atom is -0.478 e. The van der Waals surface area contributed by atoms with Crippen LogP contribution in [0.4, 0.5) is 0 Å². The maximum absolute atomic E-state index is 12.8. The number of carboxylic acid groups (broad SMARTS) is 1. The normalized spacial score (nSPS) is 33.2. The van der Waals surface area contributed by atoms with Gasteiger partial charge in [-0.25, -0.2) is 4.79 Å². The third-order valence-corrected chi connectivity index (χ3v) is 6.74. The number of Topliss-reactive ketones (excluding diaryl/α,β-unsaturated/α-hetero) is 1. The molecule has 0 aromatic heterocycles. The number of aromatic carboxylic acids is 1. The number of carbonyl (C=O) groups is 3. The standard InChI is InChI=1S/C21H25NO4/c23-19-15-6-2-1-5-13(15)14-10-9-12(11-18(14)19)22-20(24)16-7-3-4-8-17(16)21(25)26/h3-4,7-8,12-15,18H,1-2,5-6,9-11H2,(H,22,24)(H,25,26). The summed E-state index contributed by atoms with van der Waals surface area (Å²) in [5.74, 6) is 0.351. The van der Waals surface area contributed by atoms with Crippen LogP contribution in [0, 0.1) is 23.7 Å². The quantitative estimate of drug-likeness (QED) is 0.871. The Morgan fingerprint density at radius 1 is 0.923 bits per heavy atom. The monoisotopic (exact) mass is 355 g/mol. The van der Waals surface area contributed by atoms with E-state index in [0.29, 0.717) is 24.0 Å². The van der Waals surface area contributed by atoms with Crippen molar-refractivity contribution in [1.29, 1.82) is 0 Å². The first-order valence-electron chi connectivity index (χ1n) is 9.73. The molecule has 1 aromatic rings. The summed E-state index contributed by atoms with van der Waals surface area (Å²) < 4.78 is 0. The summed E-state index contributed by atoms with van der Waals surface area (Å²) in [6.07, 6.45) is 7.20. The van der Waals surface area contributed by atoms with E-state index in [1.807, 2.05) is 0 Å². The van der Waals surface area contributed by atoms with Crippen molar-refractivity contribution in [1.82, 2.24) is 5.32 Å². The van der Waals surface area contributed by atoms with Crippen molar-refractivity contribution in [3.8, 4) is 0 Å². The van der Waals surface area contributed by atoms with Gasteiger partial charge in [-0.3, -0.25) is 9.59 Å². The highest BCUT2D eigenvalue weighted by Gasteiger charge is 2.51. The molecular weight excluding hydrogens is 330 g/mol. The van der Waals surface area contributed by atoms with Gasteiger partial charge in [0.05, 0.1) is 11.1 Å². The lowest BCUT2D eigenvalue weighted by atomic mass is 9.72. The molecule has 5 atom stereocenters. The Kier molecular flexibility index (Phi) is 4.55. The average molecular weight is 355 g/mol. The Balaban J connectivity index is 1.46. The van der Waals surface area contributed by atoms with Crippen LogP contribution in [0.2, 0.25) is 0 Å². The maximum atomic E-state index is 12.8. The van der Waals surface area contributed by atoms with Crippen LogP contribution in [-0.2, 0) is 4.79 Å². The second-order valence-electron chi connectivity index (χ2n) is 8.06. The van der Waals surface area contributed by atoms with Crippen LogP contribution in [0.15, 0.2) is 24.3 Å². The fourth-order valence-corrected chi connectivity index (χ4v) is 5.60. The van der Waals surface area contributed by atoms with E-state index in [-0.39, 0.29) is 34.9 Å². The van der Waals surface area contributed by atoms with Crippen LogP contribution in [0.5, 0.6) is 0 Å². The summed E-state index contributed by atoms with van der Waals surface area (Å²) in [7, 11) is 0. The predicted molar refractivity (Wildman–Crippen MR) is 95.9 cm³/mol. The molecule has 3 aliphatic rings. The van der Waals surface area contributed by atoms with Crippen molar-refractivity contribution < 1.29 is 19.5 Å². The Labute approximate surface area is 153 Å². The molecule has 0 aliphatic heterocycles. The van der Waals surface area contributed by atoms with Crippen LogP contribution >= 0.6 is 0 Å². The Bertz CT molecular complexity index is 743. The molecule has 26 heavy (non-hydrogen) atoms. The van der Waals surface area contributed by atoms with Gasteiger partial charge in [-0.05, 0) is 56.1 Å². The lowest BCUT2D eigenvalue weighted by Gasteiger charge is -2.35.